The molecule has 3 heterocycles. The van der Waals surface area contributed by atoms with Gasteiger partial charge in [-0.1, -0.05) is 42.5 Å². The summed E-state index contributed by atoms with van der Waals surface area (Å²) < 4.78 is 2.47. The number of likely N-dealkylation sites (N-methyl/N-ethyl adjacent to an activating group) is 1. The van der Waals surface area contributed by atoms with Crippen LogP contribution >= 0.6 is 0 Å². The van der Waals surface area contributed by atoms with Crippen LogP contribution in [0.3, 0.4) is 0 Å². The molecule has 5 atom stereocenters. The Balaban J connectivity index is 1.28. The molecule has 196 valence electrons. The first kappa shape index (κ1) is 25.5. The average molecular weight is 502 g/mol. The third-order valence-electron chi connectivity index (χ3n) is 8.65. The summed E-state index contributed by atoms with van der Waals surface area (Å²) in [6, 6.07) is 19.7. The van der Waals surface area contributed by atoms with Gasteiger partial charge in [0.1, 0.15) is 11.9 Å². The van der Waals surface area contributed by atoms with E-state index in [-0.39, 0.29) is 17.9 Å². The van der Waals surface area contributed by atoms with E-state index >= 15 is 0 Å². The van der Waals surface area contributed by atoms with Crippen molar-refractivity contribution in [1.29, 1.82) is 0 Å². The Morgan fingerprint density at radius 1 is 1.03 bits per heavy atom. The number of rotatable bonds is 8. The first-order valence-corrected chi connectivity index (χ1v) is 13.6. The Labute approximate surface area is 219 Å². The largest absolute Gasteiger partial charge is 0.347 e. The highest BCUT2D eigenvalue weighted by Crippen LogP contribution is 2.42. The molecule has 5 rings (SSSR count). The molecule has 2 aromatic carbocycles. The fourth-order valence-corrected chi connectivity index (χ4v) is 6.47. The molecule has 37 heavy (non-hydrogen) atoms. The second-order valence-electron chi connectivity index (χ2n) is 10.8. The van der Waals surface area contributed by atoms with Crippen molar-refractivity contribution in [3.8, 4) is 0 Å². The van der Waals surface area contributed by atoms with Crippen LogP contribution in [0.25, 0.3) is 11.0 Å². The highest BCUT2D eigenvalue weighted by atomic mass is 16.2. The van der Waals surface area contributed by atoms with Gasteiger partial charge in [-0.15, -0.1) is 0 Å². The Hall–Kier alpha value is -3.19. The lowest BCUT2D eigenvalue weighted by molar-refractivity contribution is -0.137. The molecule has 1 aromatic heterocycles. The Morgan fingerprint density at radius 3 is 2.35 bits per heavy atom. The topological polar surface area (TPSA) is 70.5 Å². The number of carbonyl (C=O) groups is 2. The standard InChI is InChI=1S/C30H39N5O2/c1-20(33(4)22(3)36)30(37)32-27(23-10-6-5-7-11-23)16-17-34-24-14-15-25(34)19-26(18-24)35-21(2)31-28-12-8-9-13-29(28)35/h5-13,20,24-27H,14-19H2,1-4H3,(H,32,37)/t20?,24-,25+,26-,27-/m0/s1. The monoisotopic (exact) mass is 501 g/mol. The molecule has 2 saturated heterocycles. The first-order chi connectivity index (χ1) is 17.8. The van der Waals surface area contributed by atoms with Crippen LogP contribution in [-0.4, -0.2) is 62.9 Å². The molecule has 0 spiro atoms. The minimum atomic E-state index is -0.510. The van der Waals surface area contributed by atoms with Crippen molar-refractivity contribution in [1.82, 2.24) is 24.7 Å². The maximum absolute atomic E-state index is 13.1. The highest BCUT2D eigenvalue weighted by Gasteiger charge is 2.41. The predicted molar refractivity (Wildman–Crippen MR) is 146 cm³/mol. The lowest BCUT2D eigenvalue weighted by atomic mass is 9.95. The number of benzene rings is 2. The summed E-state index contributed by atoms with van der Waals surface area (Å²) in [5.41, 5.74) is 3.44. The van der Waals surface area contributed by atoms with Crippen molar-refractivity contribution >= 4 is 22.8 Å². The molecule has 7 nitrogen and oxygen atoms in total. The third kappa shape index (κ3) is 5.14. The van der Waals surface area contributed by atoms with Gasteiger partial charge in [0.2, 0.25) is 11.8 Å². The molecule has 3 aromatic rings. The average Bonchev–Trinajstić information content (AvgIpc) is 3.36. The van der Waals surface area contributed by atoms with Crippen molar-refractivity contribution in [2.24, 2.45) is 0 Å². The summed E-state index contributed by atoms with van der Waals surface area (Å²) >= 11 is 0. The van der Waals surface area contributed by atoms with E-state index in [1.54, 1.807) is 14.0 Å². The van der Waals surface area contributed by atoms with Crippen LogP contribution < -0.4 is 5.32 Å². The van der Waals surface area contributed by atoms with E-state index in [9.17, 15) is 9.59 Å². The highest BCUT2D eigenvalue weighted by molar-refractivity contribution is 5.86. The summed E-state index contributed by atoms with van der Waals surface area (Å²) in [5, 5.41) is 3.25. The van der Waals surface area contributed by atoms with Gasteiger partial charge in [0, 0.05) is 38.6 Å². The summed E-state index contributed by atoms with van der Waals surface area (Å²) in [6.45, 7) is 6.35. The van der Waals surface area contributed by atoms with Crippen molar-refractivity contribution in [3.63, 3.8) is 0 Å². The molecule has 2 aliphatic heterocycles. The second-order valence-corrected chi connectivity index (χ2v) is 10.8. The van der Waals surface area contributed by atoms with E-state index in [1.807, 2.05) is 18.2 Å². The third-order valence-corrected chi connectivity index (χ3v) is 8.65. The summed E-state index contributed by atoms with van der Waals surface area (Å²) in [6.07, 6.45) is 5.59. The normalized spacial score (nSPS) is 23.1. The SMILES string of the molecule is CC(=O)N(C)C(C)C(=O)N[C@@H](CCN1[C@@H]2CC[C@H]1C[C@H](n1c(C)nc3ccccc31)C2)c1ccccc1. The molecule has 1 unspecified atom stereocenters. The van der Waals surface area contributed by atoms with E-state index in [2.05, 4.69) is 58.1 Å². The van der Waals surface area contributed by atoms with Crippen LogP contribution in [-0.2, 0) is 9.59 Å². The van der Waals surface area contributed by atoms with Crippen LogP contribution in [0.15, 0.2) is 54.6 Å². The van der Waals surface area contributed by atoms with Crippen LogP contribution in [0.5, 0.6) is 0 Å². The van der Waals surface area contributed by atoms with Gasteiger partial charge < -0.3 is 14.8 Å². The predicted octanol–water partition coefficient (Wildman–Crippen LogP) is 4.63. The zero-order chi connectivity index (χ0) is 26.1. The number of amides is 2. The fraction of sp³-hybridized carbons (Fsp3) is 0.500. The zero-order valence-corrected chi connectivity index (χ0v) is 22.4. The van der Waals surface area contributed by atoms with Crippen LogP contribution in [0.4, 0.5) is 0 Å². The van der Waals surface area contributed by atoms with Crippen molar-refractivity contribution < 1.29 is 9.59 Å². The van der Waals surface area contributed by atoms with Crippen LogP contribution in [0.1, 0.15) is 69.4 Å². The van der Waals surface area contributed by atoms with Crippen LogP contribution in [0, 0.1) is 6.92 Å². The summed E-state index contributed by atoms with van der Waals surface area (Å²) in [7, 11) is 1.68. The smallest absolute Gasteiger partial charge is 0.242 e. The van der Waals surface area contributed by atoms with E-state index in [0.717, 1.165) is 42.7 Å². The number of carbonyl (C=O) groups excluding carboxylic acids is 2. The summed E-state index contributed by atoms with van der Waals surface area (Å²) in [4.78, 5) is 33.8. The molecule has 0 saturated carbocycles. The summed E-state index contributed by atoms with van der Waals surface area (Å²) in [5.74, 6) is 0.880. The number of nitrogens with one attached hydrogen (secondary N) is 1. The van der Waals surface area contributed by atoms with Gasteiger partial charge in [-0.05, 0) is 63.6 Å². The van der Waals surface area contributed by atoms with E-state index < -0.39 is 6.04 Å². The quantitative estimate of drug-likeness (QED) is 0.489. The lowest BCUT2D eigenvalue weighted by Crippen LogP contribution is -2.47. The number of piperidine rings is 1. The van der Waals surface area contributed by atoms with Gasteiger partial charge in [-0.25, -0.2) is 4.98 Å². The zero-order valence-electron chi connectivity index (χ0n) is 22.4. The van der Waals surface area contributed by atoms with Gasteiger partial charge in [0.25, 0.3) is 0 Å². The van der Waals surface area contributed by atoms with Crippen molar-refractivity contribution in [2.75, 3.05) is 13.6 Å². The Morgan fingerprint density at radius 2 is 1.68 bits per heavy atom. The number of imidazole rings is 1. The number of hydrogen-bond acceptors (Lipinski definition) is 4. The molecular formula is C30H39N5O2. The number of nitrogens with zero attached hydrogens (tertiary/aromatic N) is 4. The van der Waals surface area contributed by atoms with E-state index in [4.69, 9.17) is 4.98 Å². The van der Waals surface area contributed by atoms with Gasteiger partial charge >= 0.3 is 0 Å². The molecule has 2 bridgehead atoms. The molecule has 0 radical (unpaired) electrons. The molecule has 2 amide bonds. The maximum atomic E-state index is 13.1. The van der Waals surface area contributed by atoms with Crippen LogP contribution in [0.2, 0.25) is 0 Å². The number of fused-ring (bicyclic) bond motifs is 3. The first-order valence-electron chi connectivity index (χ1n) is 13.6. The lowest BCUT2D eigenvalue weighted by Gasteiger charge is -2.40. The van der Waals surface area contributed by atoms with Crippen molar-refractivity contribution in [3.05, 3.63) is 66.0 Å². The number of hydrogen-bond donors (Lipinski definition) is 1. The minimum absolute atomic E-state index is 0.0894. The fourth-order valence-electron chi connectivity index (χ4n) is 6.47. The molecular weight excluding hydrogens is 462 g/mol. The van der Waals surface area contributed by atoms with E-state index in [1.165, 1.54) is 30.2 Å². The van der Waals surface area contributed by atoms with Gasteiger partial charge in [0.05, 0.1) is 17.1 Å². The van der Waals surface area contributed by atoms with Gasteiger partial charge in [-0.2, -0.15) is 0 Å². The van der Waals surface area contributed by atoms with Crippen molar-refractivity contribution in [2.45, 2.75) is 83.1 Å². The minimum Gasteiger partial charge on any atom is -0.347 e. The molecule has 1 N–H and O–H groups in total. The molecule has 0 aliphatic carbocycles. The number of aromatic nitrogens is 2. The molecule has 2 aliphatic rings. The molecule has 7 heteroatoms. The number of aryl methyl sites for hydroxylation is 1. The second kappa shape index (κ2) is 10.7. The van der Waals surface area contributed by atoms with Gasteiger partial charge in [0.15, 0.2) is 0 Å². The Bertz CT molecular complexity index is 1240. The molecule has 2 fully saturated rings. The Kier molecular flexibility index (Phi) is 7.33. The van der Waals surface area contributed by atoms with Gasteiger partial charge in [-0.3, -0.25) is 14.5 Å². The van der Waals surface area contributed by atoms with E-state index in [0.29, 0.717) is 18.1 Å². The maximum Gasteiger partial charge on any atom is 0.242 e. The number of para-hydroxylation sites is 2.